The van der Waals surface area contributed by atoms with E-state index < -0.39 is 0 Å². The van der Waals surface area contributed by atoms with Gasteiger partial charge < -0.3 is 5.01 Å². The van der Waals surface area contributed by atoms with Crippen LogP contribution >= 0.6 is 11.3 Å². The SMILES string of the molecule is FC1=C(CN2NC(c3ccccn3)C=C2c2cncs2)CCC=C1. The lowest BCUT2D eigenvalue weighted by Gasteiger charge is -2.25. The largest absolute Gasteiger partial charge is 0.302 e. The summed E-state index contributed by atoms with van der Waals surface area (Å²) in [5, 5.41) is 2.01. The van der Waals surface area contributed by atoms with Crippen LogP contribution in [0.1, 0.15) is 29.5 Å². The van der Waals surface area contributed by atoms with Gasteiger partial charge in [0, 0.05) is 12.4 Å². The minimum absolute atomic E-state index is 0.0221. The monoisotopic (exact) mass is 340 g/mol. The summed E-state index contributed by atoms with van der Waals surface area (Å²) in [6.45, 7) is 0.517. The quantitative estimate of drug-likeness (QED) is 0.913. The highest BCUT2D eigenvalue weighted by Gasteiger charge is 2.27. The smallest absolute Gasteiger partial charge is 0.123 e. The molecule has 6 heteroatoms. The van der Waals surface area contributed by atoms with Gasteiger partial charge >= 0.3 is 0 Å². The van der Waals surface area contributed by atoms with Crippen LogP contribution in [-0.2, 0) is 0 Å². The van der Waals surface area contributed by atoms with Crippen molar-refractivity contribution in [3.8, 4) is 0 Å². The number of nitrogens with zero attached hydrogens (tertiary/aromatic N) is 3. The van der Waals surface area contributed by atoms with Crippen LogP contribution in [0.4, 0.5) is 4.39 Å². The highest BCUT2D eigenvalue weighted by atomic mass is 32.1. The van der Waals surface area contributed by atoms with Crippen LogP contribution in [0, 0.1) is 0 Å². The van der Waals surface area contributed by atoms with E-state index in [4.69, 9.17) is 0 Å². The van der Waals surface area contributed by atoms with E-state index in [1.165, 1.54) is 0 Å². The van der Waals surface area contributed by atoms with E-state index in [0.29, 0.717) is 6.54 Å². The van der Waals surface area contributed by atoms with Crippen LogP contribution < -0.4 is 5.43 Å². The Kier molecular flexibility index (Phi) is 4.23. The maximum absolute atomic E-state index is 14.1. The number of allylic oxidation sites excluding steroid dienone is 3. The third kappa shape index (κ3) is 3.02. The first-order valence-electron chi connectivity index (χ1n) is 7.90. The molecule has 0 spiro atoms. The van der Waals surface area contributed by atoms with Crippen LogP contribution in [0.25, 0.3) is 5.70 Å². The lowest BCUT2D eigenvalue weighted by atomic mass is 10.0. The average Bonchev–Trinajstić information content (AvgIpc) is 3.27. The molecule has 1 atom stereocenters. The lowest BCUT2D eigenvalue weighted by Crippen LogP contribution is -2.35. The summed E-state index contributed by atoms with van der Waals surface area (Å²) in [7, 11) is 0. The molecule has 0 fully saturated rings. The van der Waals surface area contributed by atoms with Crippen LogP contribution in [-0.4, -0.2) is 21.5 Å². The van der Waals surface area contributed by atoms with E-state index in [-0.39, 0.29) is 11.9 Å². The molecule has 4 nitrogen and oxygen atoms in total. The Balaban J connectivity index is 1.63. The maximum atomic E-state index is 14.1. The Hall–Kier alpha value is -2.31. The van der Waals surface area contributed by atoms with Crippen molar-refractivity contribution in [1.82, 2.24) is 20.4 Å². The predicted molar refractivity (Wildman–Crippen MR) is 93.4 cm³/mol. The number of halogens is 1. The second-order valence-corrected chi connectivity index (χ2v) is 6.64. The molecule has 1 unspecified atom stereocenters. The summed E-state index contributed by atoms with van der Waals surface area (Å²) in [5.74, 6) is -0.118. The van der Waals surface area contributed by atoms with Crippen LogP contribution in [0.5, 0.6) is 0 Å². The van der Waals surface area contributed by atoms with E-state index >= 15 is 0 Å². The number of hydrogen-bond acceptors (Lipinski definition) is 5. The lowest BCUT2D eigenvalue weighted by molar-refractivity contribution is 0.305. The molecule has 0 saturated heterocycles. The zero-order chi connectivity index (χ0) is 16.4. The molecule has 1 N–H and O–H groups in total. The first kappa shape index (κ1) is 15.2. The van der Waals surface area contributed by atoms with Crippen molar-refractivity contribution in [2.24, 2.45) is 0 Å². The number of pyridine rings is 1. The molecule has 2 aromatic heterocycles. The van der Waals surface area contributed by atoms with Gasteiger partial charge in [-0.25, -0.2) is 9.82 Å². The van der Waals surface area contributed by atoms with Gasteiger partial charge in [0.2, 0.25) is 0 Å². The van der Waals surface area contributed by atoms with Crippen LogP contribution in [0.2, 0.25) is 0 Å². The molecule has 0 bridgehead atoms. The zero-order valence-corrected chi connectivity index (χ0v) is 13.8. The highest BCUT2D eigenvalue weighted by Crippen LogP contribution is 2.33. The third-order valence-corrected chi connectivity index (χ3v) is 4.96. The van der Waals surface area contributed by atoms with Crippen molar-refractivity contribution < 1.29 is 4.39 Å². The Morgan fingerprint density at radius 3 is 3.08 bits per heavy atom. The Labute approximate surface area is 144 Å². The molecule has 0 aromatic carbocycles. The standard InChI is InChI=1S/C18H17FN4S/c19-14-6-2-1-5-13(14)11-23-17(18-10-20-12-24-18)9-16(22-23)15-7-3-4-8-21-15/h2-4,6-10,12,16,22H,1,5,11H2. The normalized spacial score (nSPS) is 20.6. The van der Waals surface area contributed by atoms with E-state index in [0.717, 1.165) is 34.7 Å². The molecule has 0 amide bonds. The summed E-state index contributed by atoms with van der Waals surface area (Å²) >= 11 is 1.58. The molecule has 1 aliphatic carbocycles. The van der Waals surface area contributed by atoms with Crippen molar-refractivity contribution in [3.05, 3.63) is 76.3 Å². The summed E-state index contributed by atoms with van der Waals surface area (Å²) < 4.78 is 14.1. The van der Waals surface area contributed by atoms with Gasteiger partial charge in [-0.05, 0) is 42.7 Å². The van der Waals surface area contributed by atoms with Crippen LogP contribution in [0.3, 0.4) is 0 Å². The molecule has 1 aliphatic heterocycles. The van der Waals surface area contributed by atoms with Gasteiger partial charge in [-0.15, -0.1) is 11.3 Å². The second kappa shape index (κ2) is 6.67. The number of hydrazine groups is 1. The third-order valence-electron chi connectivity index (χ3n) is 4.17. The molecular formula is C18H17FN4S. The topological polar surface area (TPSA) is 41.0 Å². The van der Waals surface area contributed by atoms with Crippen molar-refractivity contribution >= 4 is 17.0 Å². The second-order valence-electron chi connectivity index (χ2n) is 5.76. The van der Waals surface area contributed by atoms with Gasteiger partial charge in [-0.3, -0.25) is 9.97 Å². The maximum Gasteiger partial charge on any atom is 0.123 e. The van der Waals surface area contributed by atoms with E-state index in [2.05, 4.69) is 21.5 Å². The highest BCUT2D eigenvalue weighted by molar-refractivity contribution is 7.10. The van der Waals surface area contributed by atoms with Crippen molar-refractivity contribution in [3.63, 3.8) is 0 Å². The number of thiazole rings is 1. The number of rotatable bonds is 4. The minimum atomic E-state index is -0.118. The van der Waals surface area contributed by atoms with Crippen molar-refractivity contribution in [2.45, 2.75) is 18.9 Å². The van der Waals surface area contributed by atoms with Gasteiger partial charge in [-0.2, -0.15) is 0 Å². The van der Waals surface area contributed by atoms with E-state index in [1.807, 2.05) is 41.0 Å². The summed E-state index contributed by atoms with van der Waals surface area (Å²) in [6.07, 6.45) is 10.9. The summed E-state index contributed by atoms with van der Waals surface area (Å²) in [4.78, 5) is 9.66. The molecule has 122 valence electrons. The zero-order valence-electron chi connectivity index (χ0n) is 13.0. The van der Waals surface area contributed by atoms with Crippen LogP contribution in [0.15, 0.2) is 65.7 Å². The Morgan fingerprint density at radius 1 is 1.38 bits per heavy atom. The van der Waals surface area contributed by atoms with Crippen molar-refractivity contribution in [2.75, 3.05) is 6.54 Å². The fraction of sp³-hybridized carbons (Fsp3) is 0.222. The molecular weight excluding hydrogens is 323 g/mol. The molecule has 24 heavy (non-hydrogen) atoms. The minimum Gasteiger partial charge on any atom is -0.302 e. The molecule has 0 saturated carbocycles. The van der Waals surface area contributed by atoms with Crippen molar-refractivity contribution in [1.29, 1.82) is 0 Å². The Morgan fingerprint density at radius 2 is 2.33 bits per heavy atom. The fourth-order valence-electron chi connectivity index (χ4n) is 2.95. The average molecular weight is 340 g/mol. The van der Waals surface area contributed by atoms with Gasteiger partial charge in [-0.1, -0.05) is 12.1 Å². The fourth-order valence-corrected chi connectivity index (χ4v) is 3.61. The molecule has 0 radical (unpaired) electrons. The molecule has 4 rings (SSSR count). The number of aromatic nitrogens is 2. The van der Waals surface area contributed by atoms with Gasteiger partial charge in [0.05, 0.1) is 34.4 Å². The van der Waals surface area contributed by atoms with Gasteiger partial charge in [0.15, 0.2) is 0 Å². The van der Waals surface area contributed by atoms with E-state index in [9.17, 15) is 4.39 Å². The molecule has 2 aromatic rings. The summed E-state index contributed by atoms with van der Waals surface area (Å²) in [6, 6.07) is 5.84. The van der Waals surface area contributed by atoms with Gasteiger partial charge in [0.1, 0.15) is 5.83 Å². The molecule has 2 aliphatic rings. The molecule has 3 heterocycles. The first-order valence-corrected chi connectivity index (χ1v) is 8.78. The summed E-state index contributed by atoms with van der Waals surface area (Å²) in [5.41, 5.74) is 8.05. The number of nitrogens with one attached hydrogen (secondary N) is 1. The van der Waals surface area contributed by atoms with E-state index in [1.54, 1.807) is 23.6 Å². The number of hydrogen-bond donors (Lipinski definition) is 1. The Bertz CT molecular complexity index is 796. The predicted octanol–water partition coefficient (Wildman–Crippen LogP) is 4.01. The first-order chi connectivity index (χ1) is 11.8. The van der Waals surface area contributed by atoms with Gasteiger partial charge in [0.25, 0.3) is 0 Å².